The predicted octanol–water partition coefficient (Wildman–Crippen LogP) is 8.10. The lowest BCUT2D eigenvalue weighted by atomic mass is 9.69. The Balaban J connectivity index is 1.73. The number of rotatable bonds is 10. The molecule has 0 bridgehead atoms. The van der Waals surface area contributed by atoms with Gasteiger partial charge < -0.3 is 10.2 Å². The SMILES string of the molecule is CCCCCC(c1ccc(C(=O)NCC(=N)N=N)cc1)N1C(=O)C(c2cc(F)cc(Cl)c2)=NC12CCC(C(C)(C)C)CC2. The largest absolute Gasteiger partial charge is 0.345 e. The second-order valence-corrected chi connectivity index (χ2v) is 13.2. The van der Waals surface area contributed by atoms with Crippen LogP contribution >= 0.6 is 11.6 Å². The topological polar surface area (TPSA) is 122 Å². The molecule has 2 aromatic carbocycles. The highest BCUT2D eigenvalue weighted by Crippen LogP contribution is 2.50. The van der Waals surface area contributed by atoms with Gasteiger partial charge in [0.2, 0.25) is 0 Å². The minimum Gasteiger partial charge on any atom is -0.345 e. The van der Waals surface area contributed by atoms with E-state index in [1.807, 2.05) is 17.0 Å². The fraction of sp³-hybridized carbons (Fsp3) is 0.515. The normalized spacial score (nSPS) is 21.1. The van der Waals surface area contributed by atoms with E-state index < -0.39 is 11.5 Å². The van der Waals surface area contributed by atoms with E-state index in [9.17, 15) is 14.0 Å². The lowest BCUT2D eigenvalue weighted by Crippen LogP contribution is -2.51. The first kappa shape index (κ1) is 32.5. The number of benzene rings is 2. The molecule has 1 fully saturated rings. The van der Waals surface area contributed by atoms with Crippen molar-refractivity contribution in [3.8, 4) is 0 Å². The average molecular weight is 609 g/mol. The molecule has 4 rings (SSSR count). The van der Waals surface area contributed by atoms with Crippen LogP contribution in [0, 0.1) is 28.1 Å². The summed E-state index contributed by atoms with van der Waals surface area (Å²) in [4.78, 5) is 34.1. The molecule has 2 aliphatic rings. The van der Waals surface area contributed by atoms with E-state index in [0.717, 1.165) is 44.1 Å². The number of hydrogen-bond donors (Lipinski definition) is 3. The number of hydrogen-bond acceptors (Lipinski definition) is 5. The van der Waals surface area contributed by atoms with Crippen molar-refractivity contribution in [1.29, 1.82) is 10.9 Å². The van der Waals surface area contributed by atoms with Crippen LogP contribution in [0.5, 0.6) is 0 Å². The quantitative estimate of drug-likeness (QED) is 0.109. The molecule has 3 N–H and O–H groups in total. The van der Waals surface area contributed by atoms with Crippen LogP contribution in [0.25, 0.3) is 0 Å². The first-order valence-electron chi connectivity index (χ1n) is 15.1. The Morgan fingerprint density at radius 3 is 2.44 bits per heavy atom. The van der Waals surface area contributed by atoms with Gasteiger partial charge in [-0.25, -0.2) is 9.92 Å². The van der Waals surface area contributed by atoms with Crippen LogP contribution in [0.2, 0.25) is 5.02 Å². The van der Waals surface area contributed by atoms with E-state index in [4.69, 9.17) is 27.5 Å². The van der Waals surface area contributed by atoms with E-state index in [1.165, 1.54) is 12.1 Å². The fourth-order valence-electron chi connectivity index (χ4n) is 6.42. The third kappa shape index (κ3) is 7.37. The van der Waals surface area contributed by atoms with Crippen molar-refractivity contribution in [1.82, 2.24) is 10.2 Å². The van der Waals surface area contributed by atoms with E-state index in [1.54, 1.807) is 18.2 Å². The van der Waals surface area contributed by atoms with Crippen molar-refractivity contribution in [3.05, 3.63) is 70.0 Å². The van der Waals surface area contributed by atoms with Gasteiger partial charge in [0.15, 0.2) is 5.84 Å². The third-order valence-corrected chi connectivity index (χ3v) is 9.06. The lowest BCUT2D eigenvalue weighted by molar-refractivity contribution is -0.133. The first-order chi connectivity index (χ1) is 20.4. The average Bonchev–Trinajstić information content (AvgIpc) is 3.24. The Kier molecular flexibility index (Phi) is 10.2. The maximum Gasteiger partial charge on any atom is 0.275 e. The summed E-state index contributed by atoms with van der Waals surface area (Å²) in [6.45, 7) is 8.78. The van der Waals surface area contributed by atoms with Gasteiger partial charge in [-0.15, -0.1) is 5.11 Å². The molecule has 1 atom stereocenters. The minimum absolute atomic E-state index is 0.131. The molecule has 0 aromatic heterocycles. The van der Waals surface area contributed by atoms with Crippen LogP contribution in [0.4, 0.5) is 4.39 Å². The zero-order valence-corrected chi connectivity index (χ0v) is 26.2. The second-order valence-electron chi connectivity index (χ2n) is 12.8. The maximum absolute atomic E-state index is 14.5. The molecular weight excluding hydrogens is 567 g/mol. The summed E-state index contributed by atoms with van der Waals surface area (Å²) in [6, 6.07) is 11.1. The van der Waals surface area contributed by atoms with Crippen molar-refractivity contribution >= 4 is 35.0 Å². The van der Waals surface area contributed by atoms with Crippen LogP contribution < -0.4 is 5.32 Å². The van der Waals surface area contributed by atoms with Gasteiger partial charge in [-0.05, 0) is 79.3 Å². The van der Waals surface area contributed by atoms with Crippen molar-refractivity contribution < 1.29 is 14.0 Å². The molecular formula is C33H42ClFN6O2. The van der Waals surface area contributed by atoms with Crippen molar-refractivity contribution in [2.75, 3.05) is 6.54 Å². The number of halogens is 2. The minimum atomic E-state index is -0.750. The van der Waals surface area contributed by atoms with Gasteiger partial charge in [-0.1, -0.05) is 70.7 Å². The Morgan fingerprint density at radius 2 is 1.86 bits per heavy atom. The van der Waals surface area contributed by atoms with Crippen LogP contribution in [-0.2, 0) is 4.79 Å². The summed E-state index contributed by atoms with van der Waals surface area (Å²) in [5.74, 6) is -0.849. The zero-order valence-electron chi connectivity index (χ0n) is 25.5. The van der Waals surface area contributed by atoms with Gasteiger partial charge in [-0.2, -0.15) is 0 Å². The number of carbonyl (C=O) groups excluding carboxylic acids is 2. The number of aliphatic imine (C=N–C) groups is 1. The van der Waals surface area contributed by atoms with Gasteiger partial charge in [0, 0.05) is 16.1 Å². The standard InChI is InChI=1S/C33H42ClFN6O2/c1-5-6-7-8-27(21-9-11-22(12-10-21)30(42)38-20-28(36)40-37)41-31(43)29(23-17-25(34)19-26(35)18-23)39-33(41)15-13-24(14-16-33)32(2,3)4/h9-12,17-19,24,27,36-37H,5-8,13-16,20H2,1-4H3,(H,38,42). The summed E-state index contributed by atoms with van der Waals surface area (Å²) < 4.78 is 14.5. The van der Waals surface area contributed by atoms with Crippen molar-refractivity contribution in [2.24, 2.45) is 21.4 Å². The van der Waals surface area contributed by atoms with Crippen LogP contribution in [0.1, 0.15) is 107 Å². The van der Waals surface area contributed by atoms with Crippen molar-refractivity contribution in [3.63, 3.8) is 0 Å². The molecule has 230 valence electrons. The molecule has 0 saturated heterocycles. The van der Waals surface area contributed by atoms with Gasteiger partial charge in [0.05, 0.1) is 12.6 Å². The molecule has 1 unspecified atom stereocenters. The molecule has 2 amide bonds. The third-order valence-electron chi connectivity index (χ3n) is 8.84. The molecule has 1 aliphatic carbocycles. The highest BCUT2D eigenvalue weighted by Gasteiger charge is 2.52. The monoisotopic (exact) mass is 608 g/mol. The summed E-state index contributed by atoms with van der Waals surface area (Å²) in [7, 11) is 0. The van der Waals surface area contributed by atoms with Gasteiger partial charge in [-0.3, -0.25) is 20.0 Å². The molecule has 0 radical (unpaired) electrons. The first-order valence-corrected chi connectivity index (χ1v) is 15.5. The molecule has 10 heteroatoms. The summed E-state index contributed by atoms with van der Waals surface area (Å²) >= 11 is 6.21. The molecule has 8 nitrogen and oxygen atoms in total. The Bertz CT molecular complexity index is 1370. The summed E-state index contributed by atoms with van der Waals surface area (Å²) in [5, 5.41) is 13.3. The van der Waals surface area contributed by atoms with Crippen LogP contribution in [-0.4, -0.2) is 40.5 Å². The lowest BCUT2D eigenvalue weighted by Gasteiger charge is -2.47. The molecule has 1 spiro atoms. The number of nitrogens with zero attached hydrogens (tertiary/aromatic N) is 3. The van der Waals surface area contributed by atoms with E-state index in [-0.39, 0.29) is 46.4 Å². The van der Waals surface area contributed by atoms with Gasteiger partial charge in [0.1, 0.15) is 17.2 Å². The number of unbranched alkanes of at least 4 members (excludes halogenated alkanes) is 2. The summed E-state index contributed by atoms with van der Waals surface area (Å²) in [5.41, 5.74) is 8.23. The predicted molar refractivity (Wildman–Crippen MR) is 167 cm³/mol. The number of amidine groups is 1. The van der Waals surface area contributed by atoms with E-state index in [0.29, 0.717) is 29.9 Å². The Morgan fingerprint density at radius 1 is 1.19 bits per heavy atom. The second kappa shape index (κ2) is 13.5. The smallest absolute Gasteiger partial charge is 0.275 e. The number of amides is 2. The van der Waals surface area contributed by atoms with Crippen LogP contribution in [0.15, 0.2) is 52.6 Å². The fourth-order valence-corrected chi connectivity index (χ4v) is 6.64. The number of nitrogens with one attached hydrogen (secondary N) is 3. The molecule has 1 heterocycles. The zero-order chi connectivity index (χ0) is 31.4. The molecule has 1 saturated carbocycles. The molecule has 1 aliphatic heterocycles. The highest BCUT2D eigenvalue weighted by atomic mass is 35.5. The van der Waals surface area contributed by atoms with E-state index >= 15 is 0 Å². The Hall–Kier alpha value is -3.46. The van der Waals surface area contributed by atoms with Gasteiger partial charge in [0.25, 0.3) is 11.8 Å². The van der Waals surface area contributed by atoms with E-state index in [2.05, 4.69) is 38.1 Å². The maximum atomic E-state index is 14.5. The van der Waals surface area contributed by atoms with Crippen molar-refractivity contribution in [2.45, 2.75) is 90.8 Å². The highest BCUT2D eigenvalue weighted by molar-refractivity contribution is 6.47. The molecule has 2 aromatic rings. The number of carbonyl (C=O) groups is 2. The van der Waals surface area contributed by atoms with Gasteiger partial charge >= 0.3 is 0 Å². The van der Waals surface area contributed by atoms with Crippen LogP contribution in [0.3, 0.4) is 0 Å². The molecule has 43 heavy (non-hydrogen) atoms. The Labute approximate surface area is 258 Å². The summed E-state index contributed by atoms with van der Waals surface area (Å²) in [6.07, 6.45) is 6.95.